The van der Waals surface area contributed by atoms with Gasteiger partial charge >= 0.3 is 0 Å². The van der Waals surface area contributed by atoms with Gasteiger partial charge in [0.25, 0.3) is 0 Å². The Morgan fingerprint density at radius 2 is 1.83 bits per heavy atom. The zero-order chi connectivity index (χ0) is 15.9. The van der Waals surface area contributed by atoms with Crippen LogP contribution in [0, 0.1) is 0 Å². The number of nitrogens with two attached hydrogens (primary N) is 1. The minimum Gasteiger partial charge on any atom is -0.354 e. The van der Waals surface area contributed by atoms with Crippen LogP contribution in [0.25, 0.3) is 0 Å². The lowest BCUT2D eigenvalue weighted by molar-refractivity contribution is -0.121. The first kappa shape index (κ1) is 22.4. The Hall–Kier alpha value is -1.63. The van der Waals surface area contributed by atoms with Crippen LogP contribution in [-0.4, -0.2) is 27.6 Å². The van der Waals surface area contributed by atoms with E-state index in [2.05, 4.69) is 46.5 Å². The van der Waals surface area contributed by atoms with Crippen LogP contribution >= 0.6 is 24.8 Å². The van der Waals surface area contributed by atoms with Gasteiger partial charge in [-0.25, -0.2) is 4.98 Å². The van der Waals surface area contributed by atoms with Crippen LogP contribution in [0.4, 0.5) is 0 Å². The first-order valence-corrected chi connectivity index (χ1v) is 7.52. The molecule has 0 saturated heterocycles. The third kappa shape index (κ3) is 6.86. The van der Waals surface area contributed by atoms with Crippen molar-refractivity contribution in [2.24, 2.45) is 5.73 Å². The summed E-state index contributed by atoms with van der Waals surface area (Å²) in [6.45, 7) is 4.74. The molecule has 0 radical (unpaired) electrons. The van der Waals surface area contributed by atoms with Gasteiger partial charge in [0, 0.05) is 25.4 Å². The number of hydrogen-bond acceptors (Lipinski definition) is 4. The summed E-state index contributed by atoms with van der Waals surface area (Å²) in [5, 5.41) is 9.33. The summed E-state index contributed by atoms with van der Waals surface area (Å²) in [6, 6.07) is 8.04. The molecule has 24 heavy (non-hydrogen) atoms. The molecule has 1 unspecified atom stereocenters. The number of amides is 1. The van der Waals surface area contributed by atoms with Gasteiger partial charge in [0.05, 0.1) is 0 Å². The molecular weight excluding hydrogens is 349 g/mol. The number of nitrogens with zero attached hydrogens (tertiary/aromatic N) is 2. The molecular formula is C16H25Cl2N5O. The van der Waals surface area contributed by atoms with Gasteiger partial charge < -0.3 is 11.1 Å². The molecule has 2 aromatic rings. The van der Waals surface area contributed by atoms with Crippen LogP contribution < -0.4 is 11.1 Å². The Morgan fingerprint density at radius 1 is 1.21 bits per heavy atom. The Morgan fingerprint density at radius 3 is 2.38 bits per heavy atom. The van der Waals surface area contributed by atoms with E-state index in [1.165, 1.54) is 11.9 Å². The summed E-state index contributed by atoms with van der Waals surface area (Å²) in [6.07, 6.45) is 2.35. The predicted octanol–water partition coefficient (Wildman–Crippen LogP) is 2.52. The monoisotopic (exact) mass is 373 g/mol. The van der Waals surface area contributed by atoms with Crippen LogP contribution in [0.1, 0.15) is 49.2 Å². The van der Waals surface area contributed by atoms with Gasteiger partial charge in [-0.05, 0) is 17.0 Å². The van der Waals surface area contributed by atoms with Crippen molar-refractivity contribution in [2.75, 3.05) is 6.54 Å². The molecule has 6 nitrogen and oxygen atoms in total. The molecule has 0 aliphatic carbocycles. The number of halogens is 2. The number of hydrogen-bond donors (Lipinski definition) is 3. The summed E-state index contributed by atoms with van der Waals surface area (Å²) in [4.78, 5) is 15.8. The lowest BCUT2D eigenvalue weighted by Gasteiger charge is -2.14. The van der Waals surface area contributed by atoms with Crippen molar-refractivity contribution in [3.05, 3.63) is 47.5 Å². The van der Waals surface area contributed by atoms with Gasteiger partial charge in [0.15, 0.2) is 0 Å². The summed E-state index contributed by atoms with van der Waals surface area (Å²) < 4.78 is 0. The van der Waals surface area contributed by atoms with Crippen LogP contribution in [0.2, 0.25) is 0 Å². The van der Waals surface area contributed by atoms with E-state index in [4.69, 9.17) is 5.73 Å². The van der Waals surface area contributed by atoms with Crippen molar-refractivity contribution in [1.82, 2.24) is 20.5 Å². The highest BCUT2D eigenvalue weighted by molar-refractivity contribution is 5.85. The molecule has 1 aromatic carbocycles. The molecule has 2 rings (SSSR count). The fraction of sp³-hybridized carbons (Fsp3) is 0.438. The molecule has 0 saturated carbocycles. The molecule has 1 amide bonds. The fourth-order valence-electron chi connectivity index (χ4n) is 2.14. The summed E-state index contributed by atoms with van der Waals surface area (Å²) in [5.41, 5.74) is 8.43. The first-order chi connectivity index (χ1) is 10.6. The maximum Gasteiger partial charge on any atom is 0.220 e. The van der Waals surface area contributed by atoms with Crippen molar-refractivity contribution < 1.29 is 4.79 Å². The average Bonchev–Trinajstić information content (AvgIpc) is 3.04. The summed E-state index contributed by atoms with van der Waals surface area (Å²) in [7, 11) is 0. The number of aromatic nitrogens is 3. The number of benzene rings is 1. The van der Waals surface area contributed by atoms with Crippen molar-refractivity contribution in [1.29, 1.82) is 0 Å². The van der Waals surface area contributed by atoms with E-state index in [1.54, 1.807) is 0 Å². The second-order valence-electron chi connectivity index (χ2n) is 5.66. The molecule has 1 atom stereocenters. The third-order valence-corrected chi connectivity index (χ3v) is 3.60. The number of aromatic amines is 1. The quantitative estimate of drug-likeness (QED) is 0.694. The molecule has 134 valence electrons. The topological polar surface area (TPSA) is 96.7 Å². The van der Waals surface area contributed by atoms with Gasteiger partial charge in [0.2, 0.25) is 5.91 Å². The van der Waals surface area contributed by atoms with E-state index in [1.807, 2.05) is 12.1 Å². The molecule has 0 bridgehead atoms. The van der Waals surface area contributed by atoms with Crippen LogP contribution in [0.5, 0.6) is 0 Å². The molecule has 4 N–H and O–H groups in total. The Balaban J connectivity index is 0.00000264. The standard InChI is InChI=1S/C16H23N5O.2ClH/c1-11(2)12-3-5-13(6-4-12)14(17)9-18-16(22)8-7-15-19-10-20-21-15;;/h3-6,10-11,14H,7-9,17H2,1-2H3,(H,18,22)(H,19,20,21);2*1H. The Bertz CT molecular complexity index is 587. The molecule has 0 aliphatic rings. The zero-order valence-corrected chi connectivity index (χ0v) is 15.5. The number of carbonyl (C=O) groups is 1. The SMILES string of the molecule is CC(C)c1ccc(C(N)CNC(=O)CCc2ncn[nH]2)cc1.Cl.Cl. The lowest BCUT2D eigenvalue weighted by Crippen LogP contribution is -2.32. The largest absolute Gasteiger partial charge is 0.354 e. The zero-order valence-electron chi connectivity index (χ0n) is 13.9. The van der Waals surface area contributed by atoms with E-state index in [9.17, 15) is 4.79 Å². The number of rotatable bonds is 7. The number of carbonyl (C=O) groups excluding carboxylic acids is 1. The Kier molecular flexibility index (Phi) is 10.3. The summed E-state index contributed by atoms with van der Waals surface area (Å²) >= 11 is 0. The van der Waals surface area contributed by atoms with Gasteiger partial charge in [-0.15, -0.1) is 24.8 Å². The number of nitrogens with one attached hydrogen (secondary N) is 2. The van der Waals surface area contributed by atoms with Crippen molar-refractivity contribution >= 4 is 30.7 Å². The molecule has 1 heterocycles. The van der Waals surface area contributed by atoms with Crippen molar-refractivity contribution in [2.45, 2.75) is 38.6 Å². The fourth-order valence-corrected chi connectivity index (χ4v) is 2.14. The van der Waals surface area contributed by atoms with Crippen LogP contribution in [0.15, 0.2) is 30.6 Å². The van der Waals surface area contributed by atoms with Gasteiger partial charge in [-0.1, -0.05) is 38.1 Å². The molecule has 1 aromatic heterocycles. The average molecular weight is 374 g/mol. The maximum absolute atomic E-state index is 11.8. The number of aryl methyl sites for hydroxylation is 1. The highest BCUT2D eigenvalue weighted by Gasteiger charge is 2.09. The highest BCUT2D eigenvalue weighted by atomic mass is 35.5. The van der Waals surface area contributed by atoms with E-state index in [0.717, 1.165) is 5.56 Å². The minimum atomic E-state index is -0.199. The smallest absolute Gasteiger partial charge is 0.220 e. The van der Waals surface area contributed by atoms with Crippen molar-refractivity contribution in [3.8, 4) is 0 Å². The van der Waals surface area contributed by atoms with Gasteiger partial charge in [0.1, 0.15) is 12.2 Å². The molecule has 0 fully saturated rings. The van der Waals surface area contributed by atoms with Crippen LogP contribution in [0.3, 0.4) is 0 Å². The van der Waals surface area contributed by atoms with Gasteiger partial charge in [-0.3, -0.25) is 9.89 Å². The first-order valence-electron chi connectivity index (χ1n) is 7.52. The van der Waals surface area contributed by atoms with Gasteiger partial charge in [-0.2, -0.15) is 5.10 Å². The normalized spacial score (nSPS) is 11.3. The molecule has 0 spiro atoms. The lowest BCUT2D eigenvalue weighted by atomic mass is 9.99. The third-order valence-electron chi connectivity index (χ3n) is 3.60. The van der Waals surface area contributed by atoms with E-state index in [-0.39, 0.29) is 36.8 Å². The van der Waals surface area contributed by atoms with Crippen molar-refractivity contribution in [3.63, 3.8) is 0 Å². The predicted molar refractivity (Wildman–Crippen MR) is 99.7 cm³/mol. The van der Waals surface area contributed by atoms with Crippen LogP contribution in [-0.2, 0) is 11.2 Å². The second kappa shape index (κ2) is 11.0. The second-order valence-corrected chi connectivity index (χ2v) is 5.66. The van der Waals surface area contributed by atoms with E-state index < -0.39 is 0 Å². The Labute approximate surface area is 154 Å². The van der Waals surface area contributed by atoms with E-state index in [0.29, 0.717) is 31.1 Å². The molecule has 8 heteroatoms. The number of H-pyrrole nitrogens is 1. The maximum atomic E-state index is 11.8. The highest BCUT2D eigenvalue weighted by Crippen LogP contribution is 2.17. The van der Waals surface area contributed by atoms with E-state index >= 15 is 0 Å². The minimum absolute atomic E-state index is 0. The molecule has 0 aliphatic heterocycles. The summed E-state index contributed by atoms with van der Waals surface area (Å²) in [5.74, 6) is 1.18.